The SMILES string of the molecule is N#Cc1ccc2nc(-c3ncc4[nH]cnc4n3)cn2c1. The standard InChI is InChI=1S/C13H7N7/c14-3-8-1-2-11-18-10(6-20(11)5-8)13-15-4-9-12(19-13)17-7-16-9/h1-2,4-7H,(H,15,16,17,19). The highest BCUT2D eigenvalue weighted by molar-refractivity contribution is 5.71. The molecule has 0 fully saturated rings. The number of aromatic nitrogens is 6. The first-order valence-corrected chi connectivity index (χ1v) is 5.89. The van der Waals surface area contributed by atoms with Gasteiger partial charge in [0.1, 0.15) is 22.9 Å². The summed E-state index contributed by atoms with van der Waals surface area (Å²) in [5.74, 6) is 0.506. The van der Waals surface area contributed by atoms with Gasteiger partial charge in [-0.25, -0.2) is 19.9 Å². The van der Waals surface area contributed by atoms with Crippen molar-refractivity contribution in [2.45, 2.75) is 0 Å². The fourth-order valence-corrected chi connectivity index (χ4v) is 2.03. The van der Waals surface area contributed by atoms with Gasteiger partial charge >= 0.3 is 0 Å². The number of aromatic amines is 1. The first kappa shape index (κ1) is 10.6. The summed E-state index contributed by atoms with van der Waals surface area (Å²) in [6, 6.07) is 5.61. The summed E-state index contributed by atoms with van der Waals surface area (Å²) in [7, 11) is 0. The molecule has 1 N–H and O–H groups in total. The van der Waals surface area contributed by atoms with Crippen LogP contribution in [0, 0.1) is 11.3 Å². The van der Waals surface area contributed by atoms with Crippen LogP contribution in [0.2, 0.25) is 0 Å². The summed E-state index contributed by atoms with van der Waals surface area (Å²) in [5, 5.41) is 8.90. The van der Waals surface area contributed by atoms with Crippen molar-refractivity contribution in [1.82, 2.24) is 29.3 Å². The van der Waals surface area contributed by atoms with Gasteiger partial charge in [0.05, 0.1) is 18.1 Å². The Kier molecular flexibility index (Phi) is 2.05. The van der Waals surface area contributed by atoms with E-state index in [1.165, 1.54) is 0 Å². The zero-order valence-electron chi connectivity index (χ0n) is 10.1. The molecule has 0 aliphatic heterocycles. The second-order valence-corrected chi connectivity index (χ2v) is 4.25. The first-order chi connectivity index (χ1) is 9.83. The summed E-state index contributed by atoms with van der Waals surface area (Å²) in [6.45, 7) is 0. The van der Waals surface area contributed by atoms with Crippen molar-refractivity contribution in [2.75, 3.05) is 0 Å². The Hall–Kier alpha value is -3.27. The van der Waals surface area contributed by atoms with E-state index in [1.807, 2.05) is 0 Å². The van der Waals surface area contributed by atoms with Crippen molar-refractivity contribution >= 4 is 16.8 Å². The van der Waals surface area contributed by atoms with E-state index in [0.29, 0.717) is 22.7 Å². The van der Waals surface area contributed by atoms with Crippen LogP contribution in [0.15, 0.2) is 37.1 Å². The molecule has 20 heavy (non-hydrogen) atoms. The Bertz CT molecular complexity index is 973. The molecule has 7 nitrogen and oxygen atoms in total. The first-order valence-electron chi connectivity index (χ1n) is 5.89. The molecule has 7 heteroatoms. The van der Waals surface area contributed by atoms with Crippen molar-refractivity contribution < 1.29 is 0 Å². The van der Waals surface area contributed by atoms with Crippen molar-refractivity contribution in [3.05, 3.63) is 42.6 Å². The van der Waals surface area contributed by atoms with Gasteiger partial charge in [0.2, 0.25) is 0 Å². The van der Waals surface area contributed by atoms with Gasteiger partial charge in [-0.1, -0.05) is 0 Å². The van der Waals surface area contributed by atoms with Crippen LogP contribution in [0.5, 0.6) is 0 Å². The molecule has 0 aromatic carbocycles. The lowest BCUT2D eigenvalue weighted by Gasteiger charge is -1.93. The predicted molar refractivity (Wildman–Crippen MR) is 70.6 cm³/mol. The average Bonchev–Trinajstić information content (AvgIpc) is 3.11. The van der Waals surface area contributed by atoms with Crippen LogP contribution in [0.4, 0.5) is 0 Å². The molecule has 0 bridgehead atoms. The van der Waals surface area contributed by atoms with Crippen LogP contribution in [-0.2, 0) is 0 Å². The topological polar surface area (TPSA) is 95.5 Å². The minimum absolute atomic E-state index is 0.506. The van der Waals surface area contributed by atoms with Crippen LogP contribution < -0.4 is 0 Å². The molecule has 94 valence electrons. The molecule has 0 saturated carbocycles. The molecule has 4 aromatic rings. The van der Waals surface area contributed by atoms with E-state index < -0.39 is 0 Å². The van der Waals surface area contributed by atoms with E-state index in [2.05, 4.69) is 31.0 Å². The number of H-pyrrole nitrogens is 1. The minimum Gasteiger partial charge on any atom is -0.342 e. The molecule has 0 unspecified atom stereocenters. The fraction of sp³-hybridized carbons (Fsp3) is 0. The van der Waals surface area contributed by atoms with Gasteiger partial charge in [-0.15, -0.1) is 0 Å². The molecule has 0 aliphatic carbocycles. The molecular formula is C13H7N7. The summed E-state index contributed by atoms with van der Waals surface area (Å²) in [5.41, 5.74) is 3.34. The largest absolute Gasteiger partial charge is 0.342 e. The van der Waals surface area contributed by atoms with E-state index in [9.17, 15) is 0 Å². The molecule has 0 atom stereocenters. The Morgan fingerprint density at radius 1 is 1.15 bits per heavy atom. The van der Waals surface area contributed by atoms with E-state index in [0.717, 1.165) is 11.2 Å². The molecule has 0 radical (unpaired) electrons. The van der Waals surface area contributed by atoms with Crippen molar-refractivity contribution in [3.8, 4) is 17.6 Å². The molecular weight excluding hydrogens is 254 g/mol. The number of imidazole rings is 2. The molecule has 4 heterocycles. The number of nitrogens with zero attached hydrogens (tertiary/aromatic N) is 6. The average molecular weight is 261 g/mol. The number of hydrogen-bond donors (Lipinski definition) is 1. The summed E-state index contributed by atoms with van der Waals surface area (Å²) in [6.07, 6.45) is 6.77. The number of hydrogen-bond acceptors (Lipinski definition) is 5. The molecule has 0 spiro atoms. The number of nitrogens with one attached hydrogen (secondary N) is 1. The van der Waals surface area contributed by atoms with Gasteiger partial charge in [0, 0.05) is 12.4 Å². The third-order valence-electron chi connectivity index (χ3n) is 2.98. The highest BCUT2D eigenvalue weighted by Gasteiger charge is 2.09. The van der Waals surface area contributed by atoms with Crippen molar-refractivity contribution in [1.29, 1.82) is 5.26 Å². The Balaban J connectivity index is 1.90. The second-order valence-electron chi connectivity index (χ2n) is 4.25. The van der Waals surface area contributed by atoms with Crippen LogP contribution in [0.1, 0.15) is 5.56 Å². The summed E-state index contributed by atoms with van der Waals surface area (Å²) in [4.78, 5) is 20.1. The normalized spacial score (nSPS) is 10.9. The zero-order chi connectivity index (χ0) is 13.5. The van der Waals surface area contributed by atoms with Crippen LogP contribution in [0.3, 0.4) is 0 Å². The van der Waals surface area contributed by atoms with Crippen LogP contribution in [0.25, 0.3) is 28.3 Å². The van der Waals surface area contributed by atoms with Crippen LogP contribution >= 0.6 is 0 Å². The smallest absolute Gasteiger partial charge is 0.182 e. The van der Waals surface area contributed by atoms with E-state index >= 15 is 0 Å². The Morgan fingerprint density at radius 3 is 3.00 bits per heavy atom. The lowest BCUT2D eigenvalue weighted by molar-refractivity contribution is 1.17. The zero-order valence-corrected chi connectivity index (χ0v) is 10.1. The maximum absolute atomic E-state index is 8.90. The number of rotatable bonds is 1. The van der Waals surface area contributed by atoms with Gasteiger partial charge in [0.25, 0.3) is 0 Å². The Labute approximate surface area is 112 Å². The number of pyridine rings is 1. The predicted octanol–water partition coefficient (Wildman–Crippen LogP) is 1.54. The van der Waals surface area contributed by atoms with Gasteiger partial charge in [-0.2, -0.15) is 5.26 Å². The molecule has 4 rings (SSSR count). The fourth-order valence-electron chi connectivity index (χ4n) is 2.03. The number of fused-ring (bicyclic) bond motifs is 2. The van der Waals surface area contributed by atoms with Crippen molar-refractivity contribution in [3.63, 3.8) is 0 Å². The molecule has 0 aliphatic rings. The van der Waals surface area contributed by atoms with E-state index in [1.54, 1.807) is 41.5 Å². The van der Waals surface area contributed by atoms with Crippen LogP contribution in [-0.4, -0.2) is 29.3 Å². The lowest BCUT2D eigenvalue weighted by Crippen LogP contribution is -1.89. The van der Waals surface area contributed by atoms with Crippen molar-refractivity contribution in [2.24, 2.45) is 0 Å². The molecule has 0 amide bonds. The monoisotopic (exact) mass is 261 g/mol. The third kappa shape index (κ3) is 1.52. The van der Waals surface area contributed by atoms with Gasteiger partial charge < -0.3 is 9.38 Å². The Morgan fingerprint density at radius 2 is 2.10 bits per heavy atom. The lowest BCUT2D eigenvalue weighted by atomic mass is 10.3. The number of nitriles is 1. The summed E-state index contributed by atoms with van der Waals surface area (Å²) < 4.78 is 1.78. The molecule has 0 saturated heterocycles. The minimum atomic E-state index is 0.506. The highest BCUT2D eigenvalue weighted by atomic mass is 15.1. The van der Waals surface area contributed by atoms with Gasteiger partial charge in [-0.3, -0.25) is 0 Å². The molecule has 4 aromatic heterocycles. The maximum atomic E-state index is 8.90. The summed E-state index contributed by atoms with van der Waals surface area (Å²) >= 11 is 0. The third-order valence-corrected chi connectivity index (χ3v) is 2.98. The van der Waals surface area contributed by atoms with E-state index in [4.69, 9.17) is 5.26 Å². The van der Waals surface area contributed by atoms with Gasteiger partial charge in [0.15, 0.2) is 11.5 Å². The maximum Gasteiger partial charge on any atom is 0.182 e. The van der Waals surface area contributed by atoms with E-state index in [-0.39, 0.29) is 0 Å². The van der Waals surface area contributed by atoms with Gasteiger partial charge in [-0.05, 0) is 12.1 Å². The second kappa shape index (κ2) is 3.86. The highest BCUT2D eigenvalue weighted by Crippen LogP contribution is 2.17. The quantitative estimate of drug-likeness (QED) is 0.560.